The van der Waals surface area contributed by atoms with Gasteiger partial charge in [0.05, 0.1) is 6.04 Å². The third-order valence-electron chi connectivity index (χ3n) is 3.03. The Morgan fingerprint density at radius 1 is 1.67 bits per heavy atom. The van der Waals surface area contributed by atoms with Gasteiger partial charge < -0.3 is 15.7 Å². The summed E-state index contributed by atoms with van der Waals surface area (Å²) in [6, 6.07) is 0.111. The van der Waals surface area contributed by atoms with Gasteiger partial charge >= 0.3 is 5.97 Å². The summed E-state index contributed by atoms with van der Waals surface area (Å²) in [5.41, 5.74) is 7.07. The van der Waals surface area contributed by atoms with Crippen LogP contribution >= 0.6 is 0 Å². The van der Waals surface area contributed by atoms with Crippen molar-refractivity contribution >= 4 is 5.97 Å². The van der Waals surface area contributed by atoms with Crippen LogP contribution in [0.2, 0.25) is 0 Å². The molecule has 2 aliphatic rings. The maximum Gasteiger partial charge on any atom is 0.351 e. The van der Waals surface area contributed by atoms with Crippen molar-refractivity contribution in [3.05, 3.63) is 35.6 Å². The van der Waals surface area contributed by atoms with Crippen LogP contribution in [0.5, 0.6) is 0 Å². The SMILES string of the molecule is CN1C(C(=O)O)=CC2C(CN)=CC=CC21. The van der Waals surface area contributed by atoms with E-state index in [-0.39, 0.29) is 12.0 Å². The molecule has 4 nitrogen and oxygen atoms in total. The first-order valence-corrected chi connectivity index (χ1v) is 4.90. The van der Waals surface area contributed by atoms with Gasteiger partial charge in [-0.3, -0.25) is 0 Å². The highest BCUT2D eigenvalue weighted by atomic mass is 16.4. The number of carboxylic acid groups (broad SMARTS) is 1. The summed E-state index contributed by atoms with van der Waals surface area (Å²) in [4.78, 5) is 12.7. The molecule has 15 heavy (non-hydrogen) atoms. The molecule has 0 radical (unpaired) electrons. The first-order valence-electron chi connectivity index (χ1n) is 4.90. The van der Waals surface area contributed by atoms with Crippen LogP contribution in [0.1, 0.15) is 0 Å². The summed E-state index contributed by atoms with van der Waals surface area (Å²) in [5, 5.41) is 9.00. The zero-order valence-electron chi connectivity index (χ0n) is 8.55. The van der Waals surface area contributed by atoms with Crippen molar-refractivity contribution in [1.29, 1.82) is 0 Å². The molecule has 0 bridgehead atoms. The molecule has 2 atom stereocenters. The van der Waals surface area contributed by atoms with Crippen molar-refractivity contribution in [1.82, 2.24) is 4.90 Å². The van der Waals surface area contributed by atoms with E-state index in [0.29, 0.717) is 12.2 Å². The summed E-state index contributed by atoms with van der Waals surface area (Å²) < 4.78 is 0. The molecule has 0 saturated heterocycles. The molecule has 80 valence electrons. The molecule has 0 aromatic carbocycles. The van der Waals surface area contributed by atoms with E-state index in [1.54, 1.807) is 18.0 Å². The van der Waals surface area contributed by atoms with Gasteiger partial charge in [0.2, 0.25) is 0 Å². The normalized spacial score (nSPS) is 28.5. The lowest BCUT2D eigenvalue weighted by Crippen LogP contribution is -2.33. The molecule has 0 saturated carbocycles. The minimum absolute atomic E-state index is 0.111. The highest BCUT2D eigenvalue weighted by molar-refractivity contribution is 5.87. The fourth-order valence-electron chi connectivity index (χ4n) is 2.19. The van der Waals surface area contributed by atoms with Gasteiger partial charge in [-0.2, -0.15) is 0 Å². The predicted octanol–water partition coefficient (Wildman–Crippen LogP) is 0.340. The number of hydrogen-bond acceptors (Lipinski definition) is 3. The average molecular weight is 206 g/mol. The molecule has 2 unspecified atom stereocenters. The highest BCUT2D eigenvalue weighted by Gasteiger charge is 2.35. The van der Waals surface area contributed by atoms with E-state index in [2.05, 4.69) is 0 Å². The molecule has 1 heterocycles. The van der Waals surface area contributed by atoms with Gasteiger partial charge in [0.15, 0.2) is 0 Å². The minimum atomic E-state index is -0.878. The fraction of sp³-hybridized carbons (Fsp3) is 0.364. The second-order valence-corrected chi connectivity index (χ2v) is 3.81. The number of hydrogen-bond donors (Lipinski definition) is 2. The van der Waals surface area contributed by atoms with Crippen LogP contribution in [0.25, 0.3) is 0 Å². The van der Waals surface area contributed by atoms with Crippen LogP contribution in [-0.4, -0.2) is 35.6 Å². The monoisotopic (exact) mass is 206 g/mol. The number of nitrogens with two attached hydrogens (primary N) is 1. The van der Waals surface area contributed by atoms with Crippen molar-refractivity contribution in [3.63, 3.8) is 0 Å². The van der Waals surface area contributed by atoms with E-state index in [4.69, 9.17) is 10.8 Å². The first-order chi connectivity index (χ1) is 7.15. The fourth-order valence-corrected chi connectivity index (χ4v) is 2.19. The van der Waals surface area contributed by atoms with Crippen LogP contribution in [0.3, 0.4) is 0 Å². The lowest BCUT2D eigenvalue weighted by molar-refractivity contribution is -0.134. The number of rotatable bonds is 2. The lowest BCUT2D eigenvalue weighted by atomic mass is 9.89. The summed E-state index contributed by atoms with van der Waals surface area (Å²) in [6.45, 7) is 0.475. The smallest absolute Gasteiger partial charge is 0.351 e. The Bertz CT molecular complexity index is 382. The first kappa shape index (κ1) is 9.98. The molecule has 1 aliphatic heterocycles. The average Bonchev–Trinajstić information content (AvgIpc) is 2.56. The van der Waals surface area contributed by atoms with E-state index in [9.17, 15) is 4.79 Å². The Hall–Kier alpha value is -1.55. The van der Waals surface area contributed by atoms with Crippen molar-refractivity contribution in [3.8, 4) is 0 Å². The van der Waals surface area contributed by atoms with Crippen LogP contribution < -0.4 is 5.73 Å². The van der Waals surface area contributed by atoms with Gasteiger partial charge in [-0.15, -0.1) is 0 Å². The molecule has 2 rings (SSSR count). The van der Waals surface area contributed by atoms with E-state index >= 15 is 0 Å². The second-order valence-electron chi connectivity index (χ2n) is 3.81. The van der Waals surface area contributed by atoms with Crippen molar-refractivity contribution < 1.29 is 9.90 Å². The Labute approximate surface area is 88.4 Å². The van der Waals surface area contributed by atoms with Crippen molar-refractivity contribution in [2.24, 2.45) is 11.7 Å². The number of fused-ring (bicyclic) bond motifs is 1. The number of aliphatic carboxylic acids is 1. The van der Waals surface area contributed by atoms with Gasteiger partial charge in [-0.05, 0) is 11.6 Å². The Balaban J connectivity index is 2.34. The number of carboxylic acids is 1. The standard InChI is InChI=1S/C11H14N2O2/c1-13-9-4-2-3-7(6-12)8(9)5-10(13)11(14)15/h2-5,8-9H,6,12H2,1H3,(H,14,15). The zero-order chi connectivity index (χ0) is 11.0. The van der Waals surface area contributed by atoms with Gasteiger partial charge in [0, 0.05) is 19.5 Å². The molecule has 1 aliphatic carbocycles. The number of allylic oxidation sites excluding steroid dienone is 2. The van der Waals surface area contributed by atoms with Crippen LogP contribution in [-0.2, 0) is 4.79 Å². The molecule has 0 spiro atoms. The molecule has 3 N–H and O–H groups in total. The van der Waals surface area contributed by atoms with E-state index in [1.807, 2.05) is 18.2 Å². The Kier molecular flexibility index (Phi) is 2.36. The Morgan fingerprint density at radius 2 is 2.40 bits per heavy atom. The van der Waals surface area contributed by atoms with E-state index in [0.717, 1.165) is 5.57 Å². The molecule has 4 heteroatoms. The number of carbonyl (C=O) groups is 1. The second kappa shape index (κ2) is 3.55. The zero-order valence-corrected chi connectivity index (χ0v) is 8.55. The molecular weight excluding hydrogens is 192 g/mol. The number of likely N-dealkylation sites (N-methyl/N-ethyl adjacent to an activating group) is 1. The summed E-state index contributed by atoms with van der Waals surface area (Å²) in [5.74, 6) is -0.757. The highest BCUT2D eigenvalue weighted by Crippen LogP contribution is 2.33. The molecule has 0 amide bonds. The van der Waals surface area contributed by atoms with Gasteiger partial charge in [-0.1, -0.05) is 18.2 Å². The maximum atomic E-state index is 11.0. The molecule has 0 aromatic rings. The van der Waals surface area contributed by atoms with E-state index in [1.165, 1.54) is 0 Å². The van der Waals surface area contributed by atoms with Crippen molar-refractivity contribution in [2.75, 3.05) is 13.6 Å². The quantitative estimate of drug-likeness (QED) is 0.683. The van der Waals surface area contributed by atoms with Crippen LogP contribution in [0, 0.1) is 5.92 Å². The molecular formula is C11H14N2O2. The molecule has 0 aromatic heterocycles. The Morgan fingerprint density at radius 3 is 3.00 bits per heavy atom. The predicted molar refractivity (Wildman–Crippen MR) is 57.0 cm³/mol. The summed E-state index contributed by atoms with van der Waals surface area (Å²) in [7, 11) is 1.80. The maximum absolute atomic E-state index is 11.0. The van der Waals surface area contributed by atoms with E-state index < -0.39 is 5.97 Å². The van der Waals surface area contributed by atoms with Crippen LogP contribution in [0.15, 0.2) is 35.6 Å². The van der Waals surface area contributed by atoms with Crippen LogP contribution in [0.4, 0.5) is 0 Å². The molecule has 0 fully saturated rings. The van der Waals surface area contributed by atoms with Gasteiger partial charge in [0.1, 0.15) is 5.70 Å². The minimum Gasteiger partial charge on any atom is -0.477 e. The third kappa shape index (κ3) is 1.47. The lowest BCUT2D eigenvalue weighted by Gasteiger charge is -2.28. The largest absolute Gasteiger partial charge is 0.477 e. The van der Waals surface area contributed by atoms with Crippen molar-refractivity contribution in [2.45, 2.75) is 6.04 Å². The van der Waals surface area contributed by atoms with Gasteiger partial charge in [-0.25, -0.2) is 4.79 Å². The topological polar surface area (TPSA) is 66.6 Å². The third-order valence-corrected chi connectivity index (χ3v) is 3.03. The number of nitrogens with zero attached hydrogens (tertiary/aromatic N) is 1. The summed E-state index contributed by atoms with van der Waals surface area (Å²) >= 11 is 0. The van der Waals surface area contributed by atoms with Gasteiger partial charge in [0.25, 0.3) is 0 Å². The summed E-state index contributed by atoms with van der Waals surface area (Å²) in [6.07, 6.45) is 7.71.